The number of hydrogen-bond donors (Lipinski definition) is 1. The monoisotopic (exact) mass is 500 g/mol. The molecule has 0 aromatic heterocycles. The van der Waals surface area contributed by atoms with Crippen LogP contribution in [0.25, 0.3) is 0 Å². The number of Topliss-reactive ketones (excluding diaryl/α,β-unsaturated/α-hetero) is 1. The van der Waals surface area contributed by atoms with Crippen LogP contribution in [0.5, 0.6) is 0 Å². The van der Waals surface area contributed by atoms with Crippen LogP contribution in [0, 0.1) is 17.8 Å². The molecule has 1 aliphatic rings. The van der Waals surface area contributed by atoms with Crippen molar-refractivity contribution in [1.82, 2.24) is 0 Å². The fourth-order valence-electron chi connectivity index (χ4n) is 4.43. The normalized spacial score (nSPS) is 25.1. The molecule has 0 aliphatic carbocycles. The number of aliphatic hydroxyl groups excluding tert-OH is 1. The zero-order valence-corrected chi connectivity index (χ0v) is 22.5. The van der Waals surface area contributed by atoms with E-state index < -0.39 is 24.5 Å². The van der Waals surface area contributed by atoms with Gasteiger partial charge in [-0.1, -0.05) is 59.3 Å². The van der Waals surface area contributed by atoms with Crippen molar-refractivity contribution >= 4 is 17.7 Å². The number of unbranched alkanes of at least 4 members (excludes halogenated alkanes) is 6. The highest BCUT2D eigenvalue weighted by atomic mass is 16.7. The van der Waals surface area contributed by atoms with Crippen molar-refractivity contribution in [3.63, 3.8) is 0 Å². The number of aliphatic hydroxyl groups is 1. The molecule has 0 bridgehead atoms. The second kappa shape index (κ2) is 17.8. The maximum atomic E-state index is 11.9. The van der Waals surface area contributed by atoms with E-state index in [1.54, 1.807) is 0 Å². The Hall–Kier alpha value is -1.51. The molecule has 35 heavy (non-hydrogen) atoms. The zero-order valence-electron chi connectivity index (χ0n) is 22.5. The van der Waals surface area contributed by atoms with Gasteiger partial charge >= 0.3 is 11.9 Å². The van der Waals surface area contributed by atoms with E-state index in [0.717, 1.165) is 51.4 Å². The summed E-state index contributed by atoms with van der Waals surface area (Å²) in [5.74, 6) is -0.376. The number of hydrogen-bond acceptors (Lipinski definition) is 8. The van der Waals surface area contributed by atoms with Gasteiger partial charge in [-0.2, -0.15) is 0 Å². The van der Waals surface area contributed by atoms with Crippen molar-refractivity contribution in [2.75, 3.05) is 19.8 Å². The van der Waals surface area contributed by atoms with E-state index in [-0.39, 0.29) is 42.7 Å². The van der Waals surface area contributed by atoms with E-state index in [1.165, 1.54) is 13.8 Å². The van der Waals surface area contributed by atoms with Gasteiger partial charge in [-0.25, -0.2) is 0 Å². The van der Waals surface area contributed by atoms with Gasteiger partial charge in [0.15, 0.2) is 6.29 Å². The predicted octanol–water partition coefficient (Wildman–Crippen LogP) is 4.59. The Balaban J connectivity index is 2.23. The summed E-state index contributed by atoms with van der Waals surface area (Å²) in [5, 5.41) is 9.19. The standard InChI is InChI=1S/C27H48O8/c1-6-23(17-28)16-24(31)14-12-10-8-7-9-11-13-15-32-27-20(3)19(2)26(34-22(5)30)25(35-27)18-33-21(4)29/h19-20,23,25-28H,6-18H2,1-5H3. The average molecular weight is 501 g/mol. The van der Waals surface area contributed by atoms with Crippen LogP contribution in [0.2, 0.25) is 0 Å². The van der Waals surface area contributed by atoms with Gasteiger partial charge in [0.2, 0.25) is 0 Å². The van der Waals surface area contributed by atoms with Crippen LogP contribution in [0.4, 0.5) is 0 Å². The summed E-state index contributed by atoms with van der Waals surface area (Å²) in [6.45, 7) is 9.43. The maximum absolute atomic E-state index is 11.9. The number of esters is 2. The number of carbonyl (C=O) groups excluding carboxylic acids is 3. The second-order valence-corrected chi connectivity index (χ2v) is 9.93. The summed E-state index contributed by atoms with van der Waals surface area (Å²) in [7, 11) is 0. The van der Waals surface area contributed by atoms with E-state index in [2.05, 4.69) is 0 Å². The summed E-state index contributed by atoms with van der Waals surface area (Å²) in [6, 6.07) is 0. The van der Waals surface area contributed by atoms with E-state index in [4.69, 9.17) is 18.9 Å². The summed E-state index contributed by atoms with van der Waals surface area (Å²) in [5.41, 5.74) is 0. The predicted molar refractivity (Wildman–Crippen MR) is 133 cm³/mol. The van der Waals surface area contributed by atoms with Crippen molar-refractivity contribution < 1.29 is 38.4 Å². The van der Waals surface area contributed by atoms with Crippen molar-refractivity contribution in [3.8, 4) is 0 Å². The minimum absolute atomic E-state index is 0.00147. The molecule has 0 aromatic rings. The molecule has 1 saturated heterocycles. The summed E-state index contributed by atoms with van der Waals surface area (Å²) in [4.78, 5) is 34.7. The SMILES string of the molecule is CCC(CO)CC(=O)CCCCCCCCCOC1OC(COC(C)=O)C(OC(C)=O)C(C)C1C. The first-order valence-electron chi connectivity index (χ1n) is 13.4. The van der Waals surface area contributed by atoms with Crippen molar-refractivity contribution in [1.29, 1.82) is 0 Å². The minimum atomic E-state index is -0.553. The van der Waals surface area contributed by atoms with E-state index in [1.807, 2.05) is 20.8 Å². The van der Waals surface area contributed by atoms with E-state index in [0.29, 0.717) is 19.4 Å². The highest BCUT2D eigenvalue weighted by molar-refractivity contribution is 5.78. The minimum Gasteiger partial charge on any atom is -0.463 e. The highest BCUT2D eigenvalue weighted by Gasteiger charge is 2.44. The lowest BCUT2D eigenvalue weighted by Gasteiger charge is -2.43. The zero-order chi connectivity index (χ0) is 26.2. The molecule has 0 radical (unpaired) electrons. The van der Waals surface area contributed by atoms with Crippen molar-refractivity contribution in [2.45, 2.75) is 117 Å². The van der Waals surface area contributed by atoms with E-state index in [9.17, 15) is 19.5 Å². The highest BCUT2D eigenvalue weighted by Crippen LogP contribution is 2.33. The summed E-state index contributed by atoms with van der Waals surface area (Å²) >= 11 is 0. The fraction of sp³-hybridized carbons (Fsp3) is 0.889. The molecule has 0 amide bonds. The number of rotatable bonds is 18. The molecular weight excluding hydrogens is 452 g/mol. The molecule has 1 rings (SSSR count). The molecule has 8 nitrogen and oxygen atoms in total. The van der Waals surface area contributed by atoms with Gasteiger partial charge in [-0.05, 0) is 18.8 Å². The third kappa shape index (κ3) is 12.8. The Bertz CT molecular complexity index is 618. The van der Waals surface area contributed by atoms with Crippen molar-refractivity contribution in [3.05, 3.63) is 0 Å². The number of ketones is 1. The Labute approximate surface area is 211 Å². The van der Waals surface area contributed by atoms with E-state index >= 15 is 0 Å². The molecule has 8 heteroatoms. The smallest absolute Gasteiger partial charge is 0.303 e. The van der Waals surface area contributed by atoms with Crippen molar-refractivity contribution in [2.24, 2.45) is 17.8 Å². The van der Waals surface area contributed by atoms with Crippen LogP contribution in [0.15, 0.2) is 0 Å². The lowest BCUT2D eigenvalue weighted by molar-refractivity contribution is -0.273. The number of ether oxygens (including phenoxy) is 4. The third-order valence-electron chi connectivity index (χ3n) is 6.94. The molecule has 1 fully saturated rings. The van der Waals surface area contributed by atoms with Gasteiger partial charge < -0.3 is 24.1 Å². The second-order valence-electron chi connectivity index (χ2n) is 9.93. The largest absolute Gasteiger partial charge is 0.463 e. The van der Waals surface area contributed by atoms with Gasteiger partial charge in [0.1, 0.15) is 24.6 Å². The maximum Gasteiger partial charge on any atom is 0.303 e. The van der Waals surface area contributed by atoms with Gasteiger partial charge in [0.25, 0.3) is 0 Å². The first-order valence-corrected chi connectivity index (χ1v) is 13.4. The Morgan fingerprint density at radius 3 is 2.11 bits per heavy atom. The fourth-order valence-corrected chi connectivity index (χ4v) is 4.43. The molecule has 1 N–H and O–H groups in total. The van der Waals surface area contributed by atoms with Crippen LogP contribution in [0.1, 0.15) is 98.8 Å². The molecular formula is C27H48O8. The topological polar surface area (TPSA) is 108 Å². The summed E-state index contributed by atoms with van der Waals surface area (Å²) < 4.78 is 22.7. The molecule has 6 unspecified atom stereocenters. The van der Waals surface area contributed by atoms with Crippen LogP contribution in [0.3, 0.4) is 0 Å². The van der Waals surface area contributed by atoms with Crippen LogP contribution < -0.4 is 0 Å². The Kier molecular flexibility index (Phi) is 16.1. The third-order valence-corrected chi connectivity index (χ3v) is 6.94. The van der Waals surface area contributed by atoms with Gasteiger partial charge in [-0.3, -0.25) is 14.4 Å². The molecule has 0 saturated carbocycles. The molecule has 0 aromatic carbocycles. The first-order chi connectivity index (χ1) is 16.7. The van der Waals surface area contributed by atoms with Gasteiger partial charge in [0.05, 0.1) is 0 Å². The Morgan fingerprint density at radius 2 is 1.54 bits per heavy atom. The van der Waals surface area contributed by atoms with Crippen LogP contribution in [-0.4, -0.2) is 61.1 Å². The lowest BCUT2D eigenvalue weighted by Crippen LogP contribution is -2.53. The van der Waals surface area contributed by atoms with Gasteiger partial charge in [-0.15, -0.1) is 0 Å². The van der Waals surface area contributed by atoms with Crippen LogP contribution >= 0.6 is 0 Å². The molecule has 0 spiro atoms. The first kappa shape index (κ1) is 31.5. The number of carbonyl (C=O) groups is 3. The summed E-state index contributed by atoms with van der Waals surface area (Å²) in [6.07, 6.45) is 7.89. The quantitative estimate of drug-likeness (QED) is 0.215. The molecule has 1 aliphatic heterocycles. The average Bonchev–Trinajstić information content (AvgIpc) is 2.81. The molecule has 204 valence electrons. The van der Waals surface area contributed by atoms with Crippen LogP contribution in [-0.2, 0) is 33.3 Å². The van der Waals surface area contributed by atoms with Gasteiger partial charge in [0, 0.05) is 51.7 Å². The molecule has 1 heterocycles. The molecule has 6 atom stereocenters. The Morgan fingerprint density at radius 1 is 0.914 bits per heavy atom. The lowest BCUT2D eigenvalue weighted by atomic mass is 9.84.